The van der Waals surface area contributed by atoms with Gasteiger partial charge in [0.25, 0.3) is 0 Å². The molecule has 3 aromatic carbocycles. The lowest BCUT2D eigenvalue weighted by molar-refractivity contribution is 0.256. The van der Waals surface area contributed by atoms with Crippen LogP contribution in [0.2, 0.25) is 0 Å². The largest absolute Gasteiger partial charge is 0.497 e. The number of aromatic nitrogens is 2. The zero-order valence-electron chi connectivity index (χ0n) is 18.3. The van der Waals surface area contributed by atoms with E-state index in [2.05, 4.69) is 9.97 Å². The fraction of sp³-hybridized carbons (Fsp3) is 0.125. The van der Waals surface area contributed by atoms with Gasteiger partial charge in [-0.2, -0.15) is 0 Å². The summed E-state index contributed by atoms with van der Waals surface area (Å²) in [5.74, 6) is 2.65. The first-order valence-corrected chi connectivity index (χ1v) is 9.92. The van der Waals surface area contributed by atoms with Crippen molar-refractivity contribution in [1.82, 2.24) is 9.97 Å². The van der Waals surface area contributed by atoms with Crippen LogP contribution in [-0.2, 0) is 0 Å². The van der Waals surface area contributed by atoms with Crippen molar-refractivity contribution >= 4 is 28.3 Å². The molecule has 33 heavy (non-hydrogen) atoms. The Morgan fingerprint density at radius 2 is 1.36 bits per heavy atom. The quantitative estimate of drug-likeness (QED) is 0.439. The maximum atomic E-state index is 12.1. The van der Waals surface area contributed by atoms with E-state index in [4.69, 9.17) is 24.7 Å². The Hall–Kier alpha value is -4.53. The number of benzene rings is 3. The van der Waals surface area contributed by atoms with Gasteiger partial charge in [0, 0.05) is 6.07 Å². The Bertz CT molecular complexity index is 1280. The number of nitrogens with two attached hydrogens (primary N) is 1. The molecule has 9 nitrogen and oxygen atoms in total. The molecule has 4 rings (SSSR count). The summed E-state index contributed by atoms with van der Waals surface area (Å²) in [6.45, 7) is 0. The number of methoxy groups -OCH3 is 3. The molecule has 0 atom stereocenters. The first-order valence-electron chi connectivity index (χ1n) is 9.92. The van der Waals surface area contributed by atoms with Gasteiger partial charge in [-0.05, 0) is 54.6 Å². The maximum absolute atomic E-state index is 12.1. The smallest absolute Gasteiger partial charge is 0.323 e. The van der Waals surface area contributed by atoms with Crippen LogP contribution in [0.25, 0.3) is 10.9 Å². The molecule has 2 amide bonds. The van der Waals surface area contributed by atoms with E-state index in [1.807, 2.05) is 0 Å². The summed E-state index contributed by atoms with van der Waals surface area (Å²) in [6.07, 6.45) is 1.41. The number of ether oxygens (including phenoxy) is 4. The Morgan fingerprint density at radius 1 is 0.788 bits per heavy atom. The summed E-state index contributed by atoms with van der Waals surface area (Å²) in [4.78, 5) is 22.1. The maximum Gasteiger partial charge on any atom is 0.323 e. The van der Waals surface area contributed by atoms with Crippen molar-refractivity contribution in [3.05, 3.63) is 67.0 Å². The van der Waals surface area contributed by atoms with Crippen LogP contribution in [0.4, 0.5) is 16.2 Å². The normalized spacial score (nSPS) is 10.5. The second-order valence-corrected chi connectivity index (χ2v) is 6.87. The second kappa shape index (κ2) is 9.31. The lowest BCUT2D eigenvalue weighted by atomic mass is 10.2. The van der Waals surface area contributed by atoms with Gasteiger partial charge < -0.3 is 24.7 Å². The molecule has 0 saturated carbocycles. The predicted octanol–water partition coefficient (Wildman–Crippen LogP) is 4.66. The molecule has 0 aliphatic rings. The van der Waals surface area contributed by atoms with Crippen LogP contribution in [0, 0.1) is 0 Å². The van der Waals surface area contributed by atoms with E-state index in [0.29, 0.717) is 51.2 Å². The molecule has 0 radical (unpaired) electrons. The van der Waals surface area contributed by atoms with E-state index in [9.17, 15) is 4.79 Å². The number of hydrogen-bond acceptors (Lipinski definition) is 7. The van der Waals surface area contributed by atoms with Gasteiger partial charge in [0.05, 0.1) is 43.6 Å². The minimum absolute atomic E-state index is 0.357. The Balaban J connectivity index is 1.63. The molecule has 168 valence electrons. The highest BCUT2D eigenvalue weighted by Crippen LogP contribution is 2.36. The standard InChI is InChI=1S/C24H22N4O5/c1-30-17-8-4-15(5-9-17)28(24(25)29)16-6-10-18(11-7-16)33-23-19-12-21(31-2)22(32-3)13-20(19)26-14-27-23/h4-14H,1-3H3,(H2,25,29). The van der Waals surface area contributed by atoms with Crippen LogP contribution >= 0.6 is 0 Å². The number of hydrogen-bond donors (Lipinski definition) is 1. The van der Waals surface area contributed by atoms with Crippen LogP contribution in [-0.4, -0.2) is 37.3 Å². The Labute approximate surface area is 190 Å². The average Bonchev–Trinajstić information content (AvgIpc) is 2.84. The molecule has 0 fully saturated rings. The summed E-state index contributed by atoms with van der Waals surface area (Å²) in [5, 5.41) is 0.663. The van der Waals surface area contributed by atoms with Crippen molar-refractivity contribution in [2.75, 3.05) is 26.2 Å². The monoisotopic (exact) mass is 446 g/mol. The van der Waals surface area contributed by atoms with E-state index < -0.39 is 6.03 Å². The summed E-state index contributed by atoms with van der Waals surface area (Å²) in [5.41, 5.74) is 7.47. The minimum atomic E-state index is -0.614. The van der Waals surface area contributed by atoms with Gasteiger partial charge in [0.1, 0.15) is 17.8 Å². The van der Waals surface area contributed by atoms with Gasteiger partial charge >= 0.3 is 6.03 Å². The highest BCUT2D eigenvalue weighted by molar-refractivity contribution is 5.98. The van der Waals surface area contributed by atoms with Crippen LogP contribution in [0.5, 0.6) is 28.9 Å². The van der Waals surface area contributed by atoms with Gasteiger partial charge in [-0.3, -0.25) is 4.90 Å². The number of primary amides is 1. The van der Waals surface area contributed by atoms with Crippen molar-refractivity contribution in [3.63, 3.8) is 0 Å². The minimum Gasteiger partial charge on any atom is -0.497 e. The number of fused-ring (bicyclic) bond motifs is 1. The Morgan fingerprint density at radius 3 is 1.91 bits per heavy atom. The van der Waals surface area contributed by atoms with Crippen molar-refractivity contribution in [2.45, 2.75) is 0 Å². The topological polar surface area (TPSA) is 109 Å². The number of anilines is 2. The first kappa shape index (κ1) is 21.7. The average molecular weight is 446 g/mol. The third kappa shape index (κ3) is 4.42. The van der Waals surface area contributed by atoms with E-state index in [1.54, 1.807) is 82.0 Å². The van der Waals surface area contributed by atoms with Crippen molar-refractivity contribution in [2.24, 2.45) is 5.73 Å². The number of nitrogens with zero attached hydrogens (tertiary/aromatic N) is 3. The SMILES string of the molecule is COc1ccc(N(C(N)=O)c2ccc(Oc3ncnc4cc(OC)c(OC)cc34)cc2)cc1. The zero-order chi connectivity index (χ0) is 23.4. The van der Waals surface area contributed by atoms with Gasteiger partial charge in [-0.1, -0.05) is 0 Å². The van der Waals surface area contributed by atoms with E-state index >= 15 is 0 Å². The molecular formula is C24H22N4O5. The Kier molecular flexibility index (Phi) is 6.12. The first-order chi connectivity index (χ1) is 16.0. The molecule has 0 saturated heterocycles. The van der Waals surface area contributed by atoms with Crippen LogP contribution in [0.3, 0.4) is 0 Å². The fourth-order valence-corrected chi connectivity index (χ4v) is 3.35. The summed E-state index contributed by atoms with van der Waals surface area (Å²) in [6, 6.07) is 16.8. The number of rotatable bonds is 7. The molecule has 2 N–H and O–H groups in total. The number of carbonyl (C=O) groups excluding carboxylic acids is 1. The van der Waals surface area contributed by atoms with Crippen molar-refractivity contribution in [3.8, 4) is 28.9 Å². The molecule has 0 bridgehead atoms. The highest BCUT2D eigenvalue weighted by Gasteiger charge is 2.16. The second-order valence-electron chi connectivity index (χ2n) is 6.87. The molecule has 1 aromatic heterocycles. The third-order valence-electron chi connectivity index (χ3n) is 4.96. The van der Waals surface area contributed by atoms with E-state index in [-0.39, 0.29) is 0 Å². The molecule has 0 aliphatic carbocycles. The summed E-state index contributed by atoms with van der Waals surface area (Å²) in [7, 11) is 4.69. The van der Waals surface area contributed by atoms with Crippen LogP contribution < -0.4 is 29.6 Å². The van der Waals surface area contributed by atoms with E-state index in [0.717, 1.165) is 0 Å². The summed E-state index contributed by atoms with van der Waals surface area (Å²) >= 11 is 0. The third-order valence-corrected chi connectivity index (χ3v) is 4.96. The van der Waals surface area contributed by atoms with Gasteiger partial charge in [0.2, 0.25) is 5.88 Å². The molecular weight excluding hydrogens is 424 g/mol. The predicted molar refractivity (Wildman–Crippen MR) is 124 cm³/mol. The number of urea groups is 1. The number of carbonyl (C=O) groups is 1. The molecule has 0 aliphatic heterocycles. The molecule has 4 aromatic rings. The van der Waals surface area contributed by atoms with Crippen molar-refractivity contribution < 1.29 is 23.7 Å². The molecule has 9 heteroatoms. The van der Waals surface area contributed by atoms with Gasteiger partial charge in [-0.15, -0.1) is 0 Å². The van der Waals surface area contributed by atoms with Crippen LogP contribution in [0.15, 0.2) is 67.0 Å². The van der Waals surface area contributed by atoms with Crippen molar-refractivity contribution in [1.29, 1.82) is 0 Å². The molecule has 0 spiro atoms. The van der Waals surface area contributed by atoms with Gasteiger partial charge in [0.15, 0.2) is 11.5 Å². The molecule has 1 heterocycles. The van der Waals surface area contributed by atoms with E-state index in [1.165, 1.54) is 11.2 Å². The number of amides is 2. The molecule has 0 unspecified atom stereocenters. The fourth-order valence-electron chi connectivity index (χ4n) is 3.35. The highest BCUT2D eigenvalue weighted by atomic mass is 16.5. The van der Waals surface area contributed by atoms with Crippen LogP contribution in [0.1, 0.15) is 0 Å². The van der Waals surface area contributed by atoms with Gasteiger partial charge in [-0.25, -0.2) is 14.8 Å². The lowest BCUT2D eigenvalue weighted by Gasteiger charge is -2.21. The summed E-state index contributed by atoms with van der Waals surface area (Å²) < 4.78 is 21.9. The zero-order valence-corrected chi connectivity index (χ0v) is 18.3. The lowest BCUT2D eigenvalue weighted by Crippen LogP contribution is -2.31.